The summed E-state index contributed by atoms with van der Waals surface area (Å²) in [6, 6.07) is 17.0. The maximum atomic E-state index is 11.5. The van der Waals surface area contributed by atoms with E-state index in [1.54, 1.807) is 14.2 Å². The molecule has 0 unspecified atom stereocenters. The van der Waals surface area contributed by atoms with Crippen molar-refractivity contribution < 1.29 is 23.8 Å². The SMILES string of the molecule is COc1ccc(-c2oc3c(cc(OC)c4ccccc43)c2CC(=O)O)cc1. The molecule has 1 N–H and O–H groups in total. The lowest BCUT2D eigenvalue weighted by atomic mass is 10.00. The number of carboxylic acid groups (broad SMARTS) is 1. The molecule has 0 spiro atoms. The van der Waals surface area contributed by atoms with Crippen LogP contribution in [0.1, 0.15) is 5.56 Å². The van der Waals surface area contributed by atoms with Gasteiger partial charge in [-0.15, -0.1) is 0 Å². The molecule has 0 aliphatic rings. The number of benzene rings is 3. The summed E-state index contributed by atoms with van der Waals surface area (Å²) in [5, 5.41) is 12.0. The lowest BCUT2D eigenvalue weighted by molar-refractivity contribution is -0.136. The minimum atomic E-state index is -0.917. The number of aliphatic carboxylic acids is 1. The third kappa shape index (κ3) is 2.87. The molecule has 0 saturated carbocycles. The molecule has 27 heavy (non-hydrogen) atoms. The Hall–Kier alpha value is -3.47. The zero-order valence-electron chi connectivity index (χ0n) is 15.0. The smallest absolute Gasteiger partial charge is 0.307 e. The second-order valence-electron chi connectivity index (χ2n) is 6.21. The average Bonchev–Trinajstić information content (AvgIpc) is 3.05. The molecule has 0 fully saturated rings. The van der Waals surface area contributed by atoms with E-state index in [2.05, 4.69) is 0 Å². The summed E-state index contributed by atoms with van der Waals surface area (Å²) >= 11 is 0. The Labute approximate surface area is 155 Å². The number of hydrogen-bond acceptors (Lipinski definition) is 4. The zero-order chi connectivity index (χ0) is 19.0. The van der Waals surface area contributed by atoms with E-state index in [4.69, 9.17) is 13.9 Å². The molecule has 0 aliphatic carbocycles. The van der Waals surface area contributed by atoms with Gasteiger partial charge in [-0.2, -0.15) is 0 Å². The van der Waals surface area contributed by atoms with Crippen LogP contribution in [0.4, 0.5) is 0 Å². The molecule has 0 atom stereocenters. The molecule has 1 aromatic heterocycles. The molecule has 3 aromatic carbocycles. The number of carbonyl (C=O) groups is 1. The van der Waals surface area contributed by atoms with Crippen molar-refractivity contribution in [3.05, 3.63) is 60.2 Å². The van der Waals surface area contributed by atoms with E-state index < -0.39 is 5.97 Å². The fourth-order valence-electron chi connectivity index (χ4n) is 3.41. The topological polar surface area (TPSA) is 68.9 Å². The first-order valence-electron chi connectivity index (χ1n) is 8.49. The van der Waals surface area contributed by atoms with Gasteiger partial charge in [0.2, 0.25) is 0 Å². The first-order chi connectivity index (χ1) is 13.1. The largest absolute Gasteiger partial charge is 0.497 e. The van der Waals surface area contributed by atoms with Crippen molar-refractivity contribution in [2.45, 2.75) is 6.42 Å². The highest BCUT2D eigenvalue weighted by molar-refractivity contribution is 6.10. The van der Waals surface area contributed by atoms with Gasteiger partial charge in [0.1, 0.15) is 22.8 Å². The minimum absolute atomic E-state index is 0.143. The van der Waals surface area contributed by atoms with Gasteiger partial charge in [0.15, 0.2) is 0 Å². The van der Waals surface area contributed by atoms with Crippen LogP contribution >= 0.6 is 0 Å². The molecular weight excluding hydrogens is 344 g/mol. The lowest BCUT2D eigenvalue weighted by Crippen LogP contribution is -2.00. The van der Waals surface area contributed by atoms with Gasteiger partial charge >= 0.3 is 5.97 Å². The predicted molar refractivity (Wildman–Crippen MR) is 104 cm³/mol. The molecular formula is C22H18O5. The minimum Gasteiger partial charge on any atom is -0.497 e. The van der Waals surface area contributed by atoms with Gasteiger partial charge in [-0.05, 0) is 30.3 Å². The van der Waals surface area contributed by atoms with Gasteiger partial charge in [-0.1, -0.05) is 24.3 Å². The molecule has 5 nitrogen and oxygen atoms in total. The molecule has 0 aliphatic heterocycles. The highest BCUT2D eigenvalue weighted by Gasteiger charge is 2.21. The molecule has 4 rings (SSSR count). The first kappa shape index (κ1) is 17.0. The zero-order valence-corrected chi connectivity index (χ0v) is 15.0. The summed E-state index contributed by atoms with van der Waals surface area (Å²) in [5.74, 6) is 1.04. The molecule has 0 saturated heterocycles. The number of methoxy groups -OCH3 is 2. The van der Waals surface area contributed by atoms with E-state index >= 15 is 0 Å². The summed E-state index contributed by atoms with van der Waals surface area (Å²) in [4.78, 5) is 11.5. The Morgan fingerprint density at radius 1 is 0.963 bits per heavy atom. The van der Waals surface area contributed by atoms with E-state index in [0.717, 1.165) is 27.5 Å². The molecule has 136 valence electrons. The van der Waals surface area contributed by atoms with E-state index in [1.807, 2.05) is 54.6 Å². The van der Waals surface area contributed by atoms with Crippen molar-refractivity contribution in [2.24, 2.45) is 0 Å². The highest BCUT2D eigenvalue weighted by atomic mass is 16.5. The maximum absolute atomic E-state index is 11.5. The van der Waals surface area contributed by atoms with Crippen molar-refractivity contribution in [1.82, 2.24) is 0 Å². The summed E-state index contributed by atoms with van der Waals surface area (Å²) in [6.45, 7) is 0. The van der Waals surface area contributed by atoms with Crippen molar-refractivity contribution in [3.8, 4) is 22.8 Å². The molecule has 5 heteroatoms. The summed E-state index contributed by atoms with van der Waals surface area (Å²) in [7, 11) is 3.21. The van der Waals surface area contributed by atoms with Crippen LogP contribution in [-0.4, -0.2) is 25.3 Å². The fraction of sp³-hybridized carbons (Fsp3) is 0.136. The third-order valence-corrected chi connectivity index (χ3v) is 4.66. The number of carboxylic acids is 1. The van der Waals surface area contributed by atoms with Gasteiger partial charge in [-0.25, -0.2) is 0 Å². The van der Waals surface area contributed by atoms with Gasteiger partial charge in [0, 0.05) is 27.3 Å². The van der Waals surface area contributed by atoms with Crippen LogP contribution < -0.4 is 9.47 Å². The van der Waals surface area contributed by atoms with Crippen molar-refractivity contribution in [1.29, 1.82) is 0 Å². The maximum Gasteiger partial charge on any atom is 0.307 e. The van der Waals surface area contributed by atoms with Gasteiger partial charge in [-0.3, -0.25) is 4.79 Å². The second kappa shape index (κ2) is 6.68. The molecule has 4 aromatic rings. The summed E-state index contributed by atoms with van der Waals surface area (Å²) in [6.07, 6.45) is -0.143. The first-order valence-corrected chi connectivity index (χ1v) is 8.49. The van der Waals surface area contributed by atoms with Gasteiger partial charge in [0.25, 0.3) is 0 Å². The number of fused-ring (bicyclic) bond motifs is 3. The Morgan fingerprint density at radius 3 is 2.30 bits per heavy atom. The van der Waals surface area contributed by atoms with Crippen LogP contribution in [0.15, 0.2) is 59.0 Å². The van der Waals surface area contributed by atoms with E-state index in [1.165, 1.54) is 0 Å². The monoisotopic (exact) mass is 362 g/mol. The molecule has 0 radical (unpaired) electrons. The standard InChI is InChI=1S/C22H18O5/c1-25-14-9-7-13(8-10-14)21-18(12-20(23)24)17-11-19(26-2)15-5-3-4-6-16(15)22(17)27-21/h3-11H,12H2,1-2H3,(H,23,24). The Bertz CT molecular complexity index is 1140. The number of hydrogen-bond donors (Lipinski definition) is 1. The van der Waals surface area contributed by atoms with E-state index in [-0.39, 0.29) is 6.42 Å². The van der Waals surface area contributed by atoms with Crippen molar-refractivity contribution in [2.75, 3.05) is 14.2 Å². The van der Waals surface area contributed by atoms with Gasteiger partial charge < -0.3 is 19.0 Å². The second-order valence-corrected chi connectivity index (χ2v) is 6.21. The lowest BCUT2D eigenvalue weighted by Gasteiger charge is -2.06. The molecule has 0 bridgehead atoms. The quantitative estimate of drug-likeness (QED) is 0.547. The highest BCUT2D eigenvalue weighted by Crippen LogP contribution is 2.41. The Kier molecular flexibility index (Phi) is 4.20. The normalized spacial score (nSPS) is 11.0. The summed E-state index contributed by atoms with van der Waals surface area (Å²) < 4.78 is 17.0. The van der Waals surface area contributed by atoms with Crippen LogP contribution in [-0.2, 0) is 11.2 Å². The Morgan fingerprint density at radius 2 is 1.67 bits per heavy atom. The number of furan rings is 1. The van der Waals surface area contributed by atoms with Crippen LogP contribution in [0.25, 0.3) is 33.1 Å². The van der Waals surface area contributed by atoms with Crippen LogP contribution in [0, 0.1) is 0 Å². The van der Waals surface area contributed by atoms with E-state index in [9.17, 15) is 9.90 Å². The van der Waals surface area contributed by atoms with Gasteiger partial charge in [0.05, 0.1) is 20.6 Å². The average molecular weight is 362 g/mol. The third-order valence-electron chi connectivity index (χ3n) is 4.66. The van der Waals surface area contributed by atoms with Crippen LogP contribution in [0.5, 0.6) is 11.5 Å². The Balaban J connectivity index is 2.05. The molecule has 1 heterocycles. The molecule has 0 amide bonds. The van der Waals surface area contributed by atoms with Crippen molar-refractivity contribution in [3.63, 3.8) is 0 Å². The predicted octanol–water partition coefficient (Wildman–Crippen LogP) is 4.90. The van der Waals surface area contributed by atoms with Crippen LogP contribution in [0.3, 0.4) is 0 Å². The fourth-order valence-corrected chi connectivity index (χ4v) is 3.41. The number of rotatable bonds is 5. The number of ether oxygens (including phenoxy) is 2. The van der Waals surface area contributed by atoms with E-state index in [0.29, 0.717) is 22.7 Å². The van der Waals surface area contributed by atoms with Crippen LogP contribution in [0.2, 0.25) is 0 Å². The summed E-state index contributed by atoms with van der Waals surface area (Å²) in [5.41, 5.74) is 2.09. The van der Waals surface area contributed by atoms with Crippen molar-refractivity contribution >= 4 is 27.7 Å².